The smallest absolute Gasteiger partial charge is 0.255 e. The second kappa shape index (κ2) is 5.29. The minimum absolute atomic E-state index is 0.00922. The number of hydrogen-bond acceptors (Lipinski definition) is 2. The number of aryl methyl sites for hydroxylation is 2. The van der Waals surface area contributed by atoms with Crippen molar-refractivity contribution >= 4 is 17.5 Å². The fraction of sp³-hybridized carbons (Fsp3) is 0.500. The molecule has 98 valence electrons. The first-order chi connectivity index (χ1) is 8.54. The minimum atomic E-state index is -0.0698. The van der Waals surface area contributed by atoms with Crippen LogP contribution in [0.2, 0.25) is 5.02 Å². The first kappa shape index (κ1) is 13.4. The molecule has 3 nitrogen and oxygen atoms in total. The lowest BCUT2D eigenvalue weighted by Crippen LogP contribution is -2.35. The van der Waals surface area contributed by atoms with E-state index in [1.807, 2.05) is 26.0 Å². The SMILES string of the molecule is Cc1cc(Cl)c(C(=O)N(CCO)C2CC2)cc1C. The fourth-order valence-electron chi connectivity index (χ4n) is 2.04. The number of aliphatic hydroxyl groups excluding tert-OH is 1. The molecule has 1 amide bonds. The molecule has 1 aliphatic carbocycles. The Labute approximate surface area is 112 Å². The van der Waals surface area contributed by atoms with Gasteiger partial charge in [-0.1, -0.05) is 11.6 Å². The zero-order chi connectivity index (χ0) is 13.3. The molecule has 0 heterocycles. The highest BCUT2D eigenvalue weighted by atomic mass is 35.5. The van der Waals surface area contributed by atoms with Gasteiger partial charge in [0.2, 0.25) is 0 Å². The van der Waals surface area contributed by atoms with E-state index >= 15 is 0 Å². The average molecular weight is 268 g/mol. The Morgan fingerprint density at radius 2 is 2.00 bits per heavy atom. The molecule has 0 spiro atoms. The third-order valence-corrected chi connectivity index (χ3v) is 3.72. The quantitative estimate of drug-likeness (QED) is 0.911. The topological polar surface area (TPSA) is 40.5 Å². The monoisotopic (exact) mass is 267 g/mol. The Kier molecular flexibility index (Phi) is 3.93. The molecular formula is C14H18ClNO2. The summed E-state index contributed by atoms with van der Waals surface area (Å²) in [5, 5.41) is 9.54. The summed E-state index contributed by atoms with van der Waals surface area (Å²) in [6.07, 6.45) is 2.04. The predicted molar refractivity (Wildman–Crippen MR) is 72.1 cm³/mol. The molecule has 0 aromatic heterocycles. The summed E-state index contributed by atoms with van der Waals surface area (Å²) >= 11 is 6.16. The number of hydrogen-bond donors (Lipinski definition) is 1. The van der Waals surface area contributed by atoms with E-state index in [0.29, 0.717) is 17.1 Å². The van der Waals surface area contributed by atoms with Gasteiger partial charge in [0.05, 0.1) is 17.2 Å². The first-order valence-electron chi connectivity index (χ1n) is 6.23. The average Bonchev–Trinajstić information content (AvgIpc) is 3.14. The molecule has 18 heavy (non-hydrogen) atoms. The van der Waals surface area contributed by atoms with Gasteiger partial charge in [-0.15, -0.1) is 0 Å². The molecule has 1 fully saturated rings. The number of amides is 1. The molecule has 0 radical (unpaired) electrons. The van der Waals surface area contributed by atoms with Crippen LogP contribution in [-0.4, -0.2) is 35.1 Å². The molecule has 4 heteroatoms. The van der Waals surface area contributed by atoms with Crippen molar-refractivity contribution in [3.63, 3.8) is 0 Å². The number of carbonyl (C=O) groups excluding carboxylic acids is 1. The van der Waals surface area contributed by atoms with Gasteiger partial charge in [-0.25, -0.2) is 0 Å². The highest BCUT2D eigenvalue weighted by Crippen LogP contribution is 2.30. The molecule has 0 bridgehead atoms. The van der Waals surface area contributed by atoms with Gasteiger partial charge < -0.3 is 10.0 Å². The molecule has 1 N–H and O–H groups in total. The summed E-state index contributed by atoms with van der Waals surface area (Å²) in [5.74, 6) is -0.0698. The van der Waals surface area contributed by atoms with Crippen LogP contribution in [-0.2, 0) is 0 Å². The van der Waals surface area contributed by atoms with Crippen molar-refractivity contribution in [2.24, 2.45) is 0 Å². The molecule has 1 aliphatic rings. The van der Waals surface area contributed by atoms with Crippen LogP contribution in [0.4, 0.5) is 0 Å². The van der Waals surface area contributed by atoms with Crippen molar-refractivity contribution in [2.75, 3.05) is 13.2 Å². The molecule has 1 aromatic rings. The van der Waals surface area contributed by atoms with E-state index in [9.17, 15) is 4.79 Å². The van der Waals surface area contributed by atoms with Crippen LogP contribution in [0.1, 0.15) is 34.3 Å². The third kappa shape index (κ3) is 2.68. The summed E-state index contributed by atoms with van der Waals surface area (Å²) in [5.41, 5.74) is 2.68. The van der Waals surface area contributed by atoms with Gasteiger partial charge in [-0.3, -0.25) is 4.79 Å². The second-order valence-corrected chi connectivity index (χ2v) is 5.28. The van der Waals surface area contributed by atoms with Gasteiger partial charge >= 0.3 is 0 Å². The Hall–Kier alpha value is -1.06. The van der Waals surface area contributed by atoms with Crippen LogP contribution < -0.4 is 0 Å². The molecule has 2 rings (SSSR count). The summed E-state index contributed by atoms with van der Waals surface area (Å²) in [6.45, 7) is 4.31. The van der Waals surface area contributed by atoms with E-state index in [4.69, 9.17) is 16.7 Å². The number of aliphatic hydroxyl groups is 1. The van der Waals surface area contributed by atoms with E-state index in [0.717, 1.165) is 24.0 Å². The van der Waals surface area contributed by atoms with Crippen LogP contribution in [0.3, 0.4) is 0 Å². The zero-order valence-electron chi connectivity index (χ0n) is 10.7. The van der Waals surface area contributed by atoms with Crippen molar-refractivity contribution in [1.82, 2.24) is 4.90 Å². The number of halogens is 1. The van der Waals surface area contributed by atoms with Crippen molar-refractivity contribution in [1.29, 1.82) is 0 Å². The van der Waals surface area contributed by atoms with Gasteiger partial charge in [-0.2, -0.15) is 0 Å². The van der Waals surface area contributed by atoms with E-state index in [1.54, 1.807) is 4.90 Å². The van der Waals surface area contributed by atoms with Crippen LogP contribution in [0.25, 0.3) is 0 Å². The van der Waals surface area contributed by atoms with Crippen molar-refractivity contribution in [3.05, 3.63) is 33.8 Å². The Morgan fingerprint density at radius 3 is 2.56 bits per heavy atom. The van der Waals surface area contributed by atoms with Gasteiger partial charge in [0.15, 0.2) is 0 Å². The van der Waals surface area contributed by atoms with Crippen LogP contribution in [0.15, 0.2) is 12.1 Å². The standard InChI is InChI=1S/C14H18ClNO2/c1-9-7-12(13(15)8-10(9)2)14(18)16(5-6-17)11-3-4-11/h7-8,11,17H,3-6H2,1-2H3. The number of carbonyl (C=O) groups is 1. The molecule has 0 saturated heterocycles. The van der Waals surface area contributed by atoms with E-state index in [-0.39, 0.29) is 18.6 Å². The summed E-state index contributed by atoms with van der Waals surface area (Å²) < 4.78 is 0. The maximum atomic E-state index is 12.4. The molecule has 0 atom stereocenters. The van der Waals surface area contributed by atoms with Gasteiger partial charge in [0, 0.05) is 12.6 Å². The lowest BCUT2D eigenvalue weighted by Gasteiger charge is -2.22. The molecule has 1 saturated carbocycles. The zero-order valence-corrected chi connectivity index (χ0v) is 11.5. The molecule has 0 aliphatic heterocycles. The van der Waals surface area contributed by atoms with Crippen LogP contribution in [0.5, 0.6) is 0 Å². The molecule has 1 aromatic carbocycles. The van der Waals surface area contributed by atoms with E-state index < -0.39 is 0 Å². The lowest BCUT2D eigenvalue weighted by molar-refractivity contribution is 0.0707. The summed E-state index contributed by atoms with van der Waals surface area (Å²) in [7, 11) is 0. The highest BCUT2D eigenvalue weighted by molar-refractivity contribution is 6.34. The largest absolute Gasteiger partial charge is 0.395 e. The predicted octanol–water partition coefficient (Wildman–Crippen LogP) is 2.55. The van der Waals surface area contributed by atoms with Gasteiger partial charge in [0.25, 0.3) is 5.91 Å². The maximum absolute atomic E-state index is 12.4. The van der Waals surface area contributed by atoms with E-state index in [1.165, 1.54) is 0 Å². The van der Waals surface area contributed by atoms with Gasteiger partial charge in [-0.05, 0) is 49.9 Å². The lowest BCUT2D eigenvalue weighted by atomic mass is 10.1. The maximum Gasteiger partial charge on any atom is 0.255 e. The minimum Gasteiger partial charge on any atom is -0.395 e. The molecular weight excluding hydrogens is 250 g/mol. The normalized spacial score (nSPS) is 14.7. The van der Waals surface area contributed by atoms with Crippen LogP contribution in [0, 0.1) is 13.8 Å². The van der Waals surface area contributed by atoms with Crippen molar-refractivity contribution < 1.29 is 9.90 Å². The second-order valence-electron chi connectivity index (χ2n) is 4.87. The first-order valence-corrected chi connectivity index (χ1v) is 6.61. The number of nitrogens with zero attached hydrogens (tertiary/aromatic N) is 1. The van der Waals surface area contributed by atoms with Crippen molar-refractivity contribution in [2.45, 2.75) is 32.7 Å². The van der Waals surface area contributed by atoms with Crippen LogP contribution >= 0.6 is 11.6 Å². The fourth-order valence-corrected chi connectivity index (χ4v) is 2.34. The number of rotatable bonds is 4. The Morgan fingerprint density at radius 1 is 1.39 bits per heavy atom. The number of benzene rings is 1. The Balaban J connectivity index is 2.29. The highest BCUT2D eigenvalue weighted by Gasteiger charge is 2.33. The molecule has 0 unspecified atom stereocenters. The van der Waals surface area contributed by atoms with Crippen molar-refractivity contribution in [3.8, 4) is 0 Å². The third-order valence-electron chi connectivity index (χ3n) is 3.40. The summed E-state index contributed by atoms with van der Waals surface area (Å²) in [4.78, 5) is 14.2. The summed E-state index contributed by atoms with van der Waals surface area (Å²) in [6, 6.07) is 3.95. The van der Waals surface area contributed by atoms with Gasteiger partial charge in [0.1, 0.15) is 0 Å². The Bertz CT molecular complexity index is 469. The van der Waals surface area contributed by atoms with E-state index in [2.05, 4.69) is 0 Å².